The van der Waals surface area contributed by atoms with Gasteiger partial charge in [0.25, 0.3) is 0 Å². The Hall–Kier alpha value is -3.28. The zero-order valence-corrected chi connectivity index (χ0v) is 16.0. The molecule has 0 atom stereocenters. The molecule has 3 aromatic rings. The second kappa shape index (κ2) is 8.40. The first-order chi connectivity index (χ1) is 13.1. The average Bonchev–Trinajstić information content (AvgIpc) is 2.68. The van der Waals surface area contributed by atoms with Crippen LogP contribution in [0.1, 0.15) is 18.3 Å². The molecule has 0 amide bonds. The van der Waals surface area contributed by atoms with Crippen LogP contribution in [0.3, 0.4) is 0 Å². The van der Waals surface area contributed by atoms with E-state index in [-0.39, 0.29) is 0 Å². The van der Waals surface area contributed by atoms with Crippen LogP contribution < -0.4 is 20.1 Å². The number of aryl methyl sites for hydroxylation is 2. The number of hydrogen-bond acceptors (Lipinski definition) is 6. The molecule has 0 bridgehead atoms. The molecule has 2 aromatic carbocycles. The minimum Gasteiger partial charge on any atom is -0.493 e. The quantitative estimate of drug-likeness (QED) is 0.624. The van der Waals surface area contributed by atoms with Gasteiger partial charge in [0.05, 0.1) is 14.2 Å². The number of nitrogens with one attached hydrogen (secondary N) is 2. The van der Waals surface area contributed by atoms with E-state index in [0.717, 1.165) is 23.6 Å². The molecule has 0 saturated carbocycles. The Balaban J connectivity index is 1.80. The van der Waals surface area contributed by atoms with E-state index in [1.165, 1.54) is 5.56 Å². The smallest absolute Gasteiger partial charge is 0.162 e. The van der Waals surface area contributed by atoms with Gasteiger partial charge in [-0.05, 0) is 43.2 Å². The fourth-order valence-corrected chi connectivity index (χ4v) is 2.73. The number of methoxy groups -OCH3 is 2. The van der Waals surface area contributed by atoms with E-state index in [0.29, 0.717) is 23.1 Å². The summed E-state index contributed by atoms with van der Waals surface area (Å²) in [5.74, 6) is 3.44. The Morgan fingerprint density at radius 2 is 1.37 bits per heavy atom. The van der Waals surface area contributed by atoms with Crippen molar-refractivity contribution in [3.63, 3.8) is 0 Å². The van der Waals surface area contributed by atoms with Gasteiger partial charge in [-0.3, -0.25) is 0 Å². The molecule has 140 valence electrons. The van der Waals surface area contributed by atoms with E-state index in [9.17, 15) is 0 Å². The fourth-order valence-electron chi connectivity index (χ4n) is 2.73. The highest BCUT2D eigenvalue weighted by Crippen LogP contribution is 2.31. The lowest BCUT2D eigenvalue weighted by molar-refractivity contribution is 0.355. The van der Waals surface area contributed by atoms with E-state index in [1.807, 2.05) is 31.2 Å². The monoisotopic (exact) mass is 364 g/mol. The summed E-state index contributed by atoms with van der Waals surface area (Å²) in [6.45, 7) is 4.01. The number of rotatable bonds is 7. The van der Waals surface area contributed by atoms with Crippen LogP contribution in [0, 0.1) is 6.92 Å². The normalized spacial score (nSPS) is 10.4. The summed E-state index contributed by atoms with van der Waals surface area (Å²) in [5.41, 5.74) is 3.14. The molecule has 1 aromatic heterocycles. The van der Waals surface area contributed by atoms with Gasteiger partial charge in [-0.15, -0.1) is 0 Å². The lowest BCUT2D eigenvalue weighted by Gasteiger charge is -2.12. The highest BCUT2D eigenvalue weighted by Gasteiger charge is 2.07. The maximum Gasteiger partial charge on any atom is 0.162 e. The highest BCUT2D eigenvalue weighted by atomic mass is 16.5. The summed E-state index contributed by atoms with van der Waals surface area (Å²) in [6, 6.07) is 15.8. The van der Waals surface area contributed by atoms with Gasteiger partial charge in [0.15, 0.2) is 11.5 Å². The van der Waals surface area contributed by atoms with Gasteiger partial charge >= 0.3 is 0 Å². The summed E-state index contributed by atoms with van der Waals surface area (Å²) in [4.78, 5) is 8.93. The lowest BCUT2D eigenvalue weighted by Crippen LogP contribution is -2.02. The Bertz CT molecular complexity index is 911. The zero-order valence-electron chi connectivity index (χ0n) is 16.0. The molecule has 0 aliphatic heterocycles. The number of aromatic nitrogens is 2. The first-order valence-corrected chi connectivity index (χ1v) is 8.82. The molecule has 0 aliphatic rings. The summed E-state index contributed by atoms with van der Waals surface area (Å²) in [6.07, 6.45) is 1.02. The van der Waals surface area contributed by atoms with Gasteiger partial charge in [0.2, 0.25) is 0 Å². The number of benzene rings is 2. The molecule has 0 spiro atoms. The van der Waals surface area contributed by atoms with Crippen LogP contribution in [0.25, 0.3) is 0 Å². The van der Waals surface area contributed by atoms with Crippen LogP contribution in [0.15, 0.2) is 48.5 Å². The predicted molar refractivity (Wildman–Crippen MR) is 109 cm³/mol. The topological polar surface area (TPSA) is 68.3 Å². The van der Waals surface area contributed by atoms with Crippen LogP contribution >= 0.6 is 0 Å². The van der Waals surface area contributed by atoms with Crippen molar-refractivity contribution < 1.29 is 9.47 Å². The largest absolute Gasteiger partial charge is 0.493 e. The van der Waals surface area contributed by atoms with E-state index < -0.39 is 0 Å². The molecule has 0 saturated heterocycles. The van der Waals surface area contributed by atoms with Crippen LogP contribution in [-0.2, 0) is 6.42 Å². The van der Waals surface area contributed by atoms with E-state index in [4.69, 9.17) is 9.47 Å². The minimum atomic E-state index is 0.655. The maximum atomic E-state index is 5.35. The van der Waals surface area contributed by atoms with Crippen molar-refractivity contribution in [3.8, 4) is 11.5 Å². The molecule has 6 heteroatoms. The van der Waals surface area contributed by atoms with Crippen LogP contribution in [0.4, 0.5) is 23.0 Å². The van der Waals surface area contributed by atoms with Crippen molar-refractivity contribution in [2.45, 2.75) is 20.3 Å². The van der Waals surface area contributed by atoms with Gasteiger partial charge in [0.1, 0.15) is 17.5 Å². The highest BCUT2D eigenvalue weighted by molar-refractivity contribution is 5.65. The summed E-state index contributed by atoms with van der Waals surface area (Å²) >= 11 is 0. The van der Waals surface area contributed by atoms with Crippen molar-refractivity contribution in [1.82, 2.24) is 9.97 Å². The van der Waals surface area contributed by atoms with Gasteiger partial charge in [-0.25, -0.2) is 9.97 Å². The molecule has 1 heterocycles. The second-order valence-corrected chi connectivity index (χ2v) is 6.06. The van der Waals surface area contributed by atoms with E-state index >= 15 is 0 Å². The maximum absolute atomic E-state index is 5.35. The van der Waals surface area contributed by atoms with Crippen molar-refractivity contribution >= 4 is 23.0 Å². The predicted octanol–water partition coefficient (Wildman–Crippen LogP) is 4.85. The molecule has 0 unspecified atom stereocenters. The van der Waals surface area contributed by atoms with Crippen LogP contribution in [0.2, 0.25) is 0 Å². The molecular formula is C21H24N4O2. The summed E-state index contributed by atoms with van der Waals surface area (Å²) in [5, 5.41) is 6.62. The van der Waals surface area contributed by atoms with Gasteiger partial charge < -0.3 is 20.1 Å². The van der Waals surface area contributed by atoms with Crippen LogP contribution in [0.5, 0.6) is 11.5 Å². The molecule has 27 heavy (non-hydrogen) atoms. The summed E-state index contributed by atoms with van der Waals surface area (Å²) in [7, 11) is 3.23. The van der Waals surface area contributed by atoms with Gasteiger partial charge in [-0.1, -0.05) is 19.1 Å². The van der Waals surface area contributed by atoms with Crippen molar-refractivity contribution in [1.29, 1.82) is 0 Å². The molecule has 0 radical (unpaired) electrons. The second-order valence-electron chi connectivity index (χ2n) is 6.06. The number of hydrogen-bond donors (Lipinski definition) is 2. The van der Waals surface area contributed by atoms with Crippen molar-refractivity contribution in [2.24, 2.45) is 0 Å². The minimum absolute atomic E-state index is 0.655. The lowest BCUT2D eigenvalue weighted by atomic mass is 10.1. The third-order valence-corrected chi connectivity index (χ3v) is 4.13. The Morgan fingerprint density at radius 3 is 1.96 bits per heavy atom. The average molecular weight is 364 g/mol. The Kier molecular flexibility index (Phi) is 5.76. The third kappa shape index (κ3) is 4.67. The van der Waals surface area contributed by atoms with E-state index in [2.05, 4.69) is 51.8 Å². The zero-order chi connectivity index (χ0) is 19.2. The summed E-state index contributed by atoms with van der Waals surface area (Å²) < 4.78 is 10.6. The van der Waals surface area contributed by atoms with Gasteiger partial charge in [-0.2, -0.15) is 0 Å². The Labute approximate surface area is 159 Å². The molecule has 0 aliphatic carbocycles. The third-order valence-electron chi connectivity index (χ3n) is 4.13. The molecule has 3 rings (SSSR count). The fraction of sp³-hybridized carbons (Fsp3) is 0.238. The van der Waals surface area contributed by atoms with E-state index in [1.54, 1.807) is 14.2 Å². The number of ether oxygens (including phenoxy) is 2. The van der Waals surface area contributed by atoms with Crippen molar-refractivity contribution in [2.75, 3.05) is 24.9 Å². The number of anilines is 4. The van der Waals surface area contributed by atoms with Crippen molar-refractivity contribution in [3.05, 3.63) is 59.9 Å². The molecule has 6 nitrogen and oxygen atoms in total. The molecule has 0 fully saturated rings. The SMILES string of the molecule is CCc1ccc(Nc2cc(Nc3ccc(OC)c(OC)c3)nc(C)n2)cc1. The first-order valence-electron chi connectivity index (χ1n) is 8.82. The first kappa shape index (κ1) is 18.5. The van der Waals surface area contributed by atoms with Crippen LogP contribution in [-0.4, -0.2) is 24.2 Å². The Morgan fingerprint density at radius 1 is 0.778 bits per heavy atom. The molecule has 2 N–H and O–H groups in total. The standard InChI is InChI=1S/C21H24N4O2/c1-5-15-6-8-16(9-7-15)24-20-13-21(23-14(2)22-20)25-17-10-11-18(26-3)19(12-17)27-4/h6-13H,5H2,1-4H3,(H2,22,23,24,25). The molecular weight excluding hydrogens is 340 g/mol. The number of nitrogens with zero attached hydrogens (tertiary/aromatic N) is 2. The van der Waals surface area contributed by atoms with Gasteiger partial charge in [0, 0.05) is 23.5 Å².